The Kier molecular flexibility index (Phi) is 4.57. The molecule has 1 aliphatic rings. The molecular weight excluding hydrogens is 242 g/mol. The van der Waals surface area contributed by atoms with Gasteiger partial charge in [-0.05, 0) is 49.8 Å². The highest BCUT2D eigenvalue weighted by molar-refractivity contribution is 7.85. The van der Waals surface area contributed by atoms with Crippen molar-refractivity contribution in [1.82, 2.24) is 0 Å². The molecule has 18 heavy (non-hydrogen) atoms. The van der Waals surface area contributed by atoms with Gasteiger partial charge in [0, 0.05) is 16.7 Å². The summed E-state index contributed by atoms with van der Waals surface area (Å²) in [6.45, 7) is 4.06. The van der Waals surface area contributed by atoms with Crippen LogP contribution in [-0.4, -0.2) is 16.0 Å². The zero-order chi connectivity index (χ0) is 13.1. The van der Waals surface area contributed by atoms with Gasteiger partial charge in [-0.25, -0.2) is 0 Å². The molecule has 100 valence electrons. The first-order valence-corrected chi connectivity index (χ1v) is 8.11. The minimum Gasteiger partial charge on any atom is -0.327 e. The van der Waals surface area contributed by atoms with Crippen LogP contribution in [0.2, 0.25) is 0 Å². The summed E-state index contributed by atoms with van der Waals surface area (Å²) in [7, 11) is -0.956. The minimum absolute atomic E-state index is 0.0910. The minimum atomic E-state index is -0.956. The predicted octanol–water partition coefficient (Wildman–Crippen LogP) is 2.93. The monoisotopic (exact) mass is 265 g/mol. The van der Waals surface area contributed by atoms with Crippen molar-refractivity contribution < 1.29 is 4.21 Å². The van der Waals surface area contributed by atoms with Gasteiger partial charge in [0.15, 0.2) is 0 Å². The molecule has 2 rings (SSSR count). The molecule has 2 N–H and O–H groups in total. The van der Waals surface area contributed by atoms with E-state index in [4.69, 9.17) is 5.73 Å². The van der Waals surface area contributed by atoms with Crippen molar-refractivity contribution in [3.05, 3.63) is 29.3 Å². The summed E-state index contributed by atoms with van der Waals surface area (Å²) < 4.78 is 12.4. The fraction of sp³-hybridized carbons (Fsp3) is 0.600. The van der Waals surface area contributed by atoms with Crippen molar-refractivity contribution >= 4 is 10.8 Å². The summed E-state index contributed by atoms with van der Waals surface area (Å²) in [6, 6.07) is 6.23. The predicted molar refractivity (Wildman–Crippen MR) is 77.1 cm³/mol. The van der Waals surface area contributed by atoms with Crippen molar-refractivity contribution in [1.29, 1.82) is 0 Å². The van der Waals surface area contributed by atoms with E-state index in [0.717, 1.165) is 10.5 Å². The molecule has 0 amide bonds. The van der Waals surface area contributed by atoms with E-state index in [1.54, 1.807) is 0 Å². The Morgan fingerprint density at radius 1 is 1.33 bits per heavy atom. The smallest absolute Gasteiger partial charge is 0.0548 e. The van der Waals surface area contributed by atoms with Gasteiger partial charge in [-0.15, -0.1) is 0 Å². The summed E-state index contributed by atoms with van der Waals surface area (Å²) in [6.07, 6.45) is 5.00. The standard InChI is InChI=1S/C15H23NOS/c1-11-7-8-12(2)15(9-11)18(17)10-14(16)13-5-3-4-6-13/h7-9,13-14H,3-6,10,16H2,1-2H3. The third-order valence-corrected chi connectivity index (χ3v) is 5.56. The Labute approximate surface area is 112 Å². The van der Waals surface area contributed by atoms with E-state index in [-0.39, 0.29) is 6.04 Å². The molecule has 1 fully saturated rings. The largest absolute Gasteiger partial charge is 0.327 e. The number of benzene rings is 1. The number of aryl methyl sites for hydroxylation is 2. The topological polar surface area (TPSA) is 43.1 Å². The molecule has 0 heterocycles. The lowest BCUT2D eigenvalue weighted by Gasteiger charge is -2.18. The van der Waals surface area contributed by atoms with Crippen LogP contribution in [0, 0.1) is 19.8 Å². The number of rotatable bonds is 4. The van der Waals surface area contributed by atoms with Crippen molar-refractivity contribution in [2.45, 2.75) is 50.5 Å². The van der Waals surface area contributed by atoms with Crippen molar-refractivity contribution in [2.24, 2.45) is 11.7 Å². The molecule has 1 aliphatic carbocycles. The van der Waals surface area contributed by atoms with Crippen LogP contribution in [0.15, 0.2) is 23.1 Å². The Balaban J connectivity index is 2.04. The van der Waals surface area contributed by atoms with Crippen molar-refractivity contribution in [3.8, 4) is 0 Å². The molecule has 2 unspecified atom stereocenters. The maximum atomic E-state index is 12.4. The molecule has 0 saturated heterocycles. The van der Waals surface area contributed by atoms with Crippen LogP contribution in [0.5, 0.6) is 0 Å². The Bertz CT molecular complexity index is 438. The summed E-state index contributed by atoms with van der Waals surface area (Å²) in [4.78, 5) is 0.962. The van der Waals surface area contributed by atoms with Gasteiger partial charge in [0.1, 0.15) is 0 Å². The summed E-state index contributed by atoms with van der Waals surface area (Å²) in [5.74, 6) is 1.19. The van der Waals surface area contributed by atoms with Gasteiger partial charge >= 0.3 is 0 Å². The van der Waals surface area contributed by atoms with Crippen LogP contribution in [0.3, 0.4) is 0 Å². The van der Waals surface area contributed by atoms with Gasteiger partial charge in [-0.1, -0.05) is 25.0 Å². The summed E-state index contributed by atoms with van der Waals surface area (Å²) in [5.41, 5.74) is 8.49. The fourth-order valence-corrected chi connectivity index (χ4v) is 4.28. The molecule has 0 spiro atoms. The molecule has 2 atom stereocenters. The van der Waals surface area contributed by atoms with Crippen LogP contribution in [0.4, 0.5) is 0 Å². The van der Waals surface area contributed by atoms with Gasteiger partial charge in [-0.3, -0.25) is 4.21 Å². The Morgan fingerprint density at radius 2 is 2.00 bits per heavy atom. The van der Waals surface area contributed by atoms with Crippen molar-refractivity contribution in [2.75, 3.05) is 5.75 Å². The van der Waals surface area contributed by atoms with E-state index in [0.29, 0.717) is 11.7 Å². The Hall–Kier alpha value is -0.670. The third-order valence-electron chi connectivity index (χ3n) is 3.94. The van der Waals surface area contributed by atoms with E-state index >= 15 is 0 Å². The second kappa shape index (κ2) is 5.98. The second-order valence-corrected chi connectivity index (χ2v) is 6.95. The normalized spacial score (nSPS) is 19.9. The number of hydrogen-bond acceptors (Lipinski definition) is 2. The molecule has 2 nitrogen and oxygen atoms in total. The Morgan fingerprint density at radius 3 is 2.67 bits per heavy atom. The first kappa shape index (κ1) is 13.8. The van der Waals surface area contributed by atoms with Gasteiger partial charge in [0.05, 0.1) is 10.8 Å². The molecule has 0 aliphatic heterocycles. The van der Waals surface area contributed by atoms with E-state index in [9.17, 15) is 4.21 Å². The summed E-state index contributed by atoms with van der Waals surface area (Å²) in [5, 5.41) is 0. The maximum Gasteiger partial charge on any atom is 0.0548 e. The molecule has 1 saturated carbocycles. The average Bonchev–Trinajstić information content (AvgIpc) is 2.85. The lowest BCUT2D eigenvalue weighted by Crippen LogP contribution is -2.34. The molecule has 1 aromatic carbocycles. The van der Waals surface area contributed by atoms with Crippen molar-refractivity contribution in [3.63, 3.8) is 0 Å². The van der Waals surface area contributed by atoms with Gasteiger partial charge in [0.2, 0.25) is 0 Å². The molecular formula is C15H23NOS. The lowest BCUT2D eigenvalue weighted by molar-refractivity contribution is 0.460. The van der Waals surface area contributed by atoms with Crippen LogP contribution in [-0.2, 0) is 10.8 Å². The zero-order valence-electron chi connectivity index (χ0n) is 11.3. The maximum absolute atomic E-state index is 12.4. The van der Waals surface area contributed by atoms with Crippen LogP contribution in [0.1, 0.15) is 36.8 Å². The highest BCUT2D eigenvalue weighted by Crippen LogP contribution is 2.28. The molecule has 1 aromatic rings. The average molecular weight is 265 g/mol. The summed E-state index contributed by atoms with van der Waals surface area (Å²) >= 11 is 0. The van der Waals surface area contributed by atoms with E-state index in [2.05, 4.69) is 6.07 Å². The number of hydrogen-bond donors (Lipinski definition) is 1. The van der Waals surface area contributed by atoms with E-state index in [1.165, 1.54) is 31.2 Å². The van der Waals surface area contributed by atoms with Crippen LogP contribution >= 0.6 is 0 Å². The third kappa shape index (κ3) is 3.21. The second-order valence-electron chi connectivity index (χ2n) is 5.49. The fourth-order valence-electron chi connectivity index (χ4n) is 2.74. The SMILES string of the molecule is Cc1ccc(C)c(S(=O)CC(N)C2CCCC2)c1. The first-order chi connectivity index (χ1) is 8.58. The zero-order valence-corrected chi connectivity index (χ0v) is 12.1. The first-order valence-electron chi connectivity index (χ1n) is 6.79. The lowest BCUT2D eigenvalue weighted by atomic mass is 10.0. The number of nitrogens with two attached hydrogens (primary N) is 1. The van der Waals surface area contributed by atoms with Gasteiger partial charge < -0.3 is 5.73 Å². The highest BCUT2D eigenvalue weighted by Gasteiger charge is 2.24. The van der Waals surface area contributed by atoms with E-state index in [1.807, 2.05) is 26.0 Å². The highest BCUT2D eigenvalue weighted by atomic mass is 32.2. The van der Waals surface area contributed by atoms with E-state index < -0.39 is 10.8 Å². The van der Waals surface area contributed by atoms with Crippen LogP contribution in [0.25, 0.3) is 0 Å². The molecule has 0 aromatic heterocycles. The van der Waals surface area contributed by atoms with Gasteiger partial charge in [-0.2, -0.15) is 0 Å². The molecule has 0 bridgehead atoms. The molecule has 0 radical (unpaired) electrons. The molecule has 3 heteroatoms. The van der Waals surface area contributed by atoms with Crippen LogP contribution < -0.4 is 5.73 Å². The quantitative estimate of drug-likeness (QED) is 0.909. The van der Waals surface area contributed by atoms with Gasteiger partial charge in [0.25, 0.3) is 0 Å².